The maximum atomic E-state index is 10.9. The molecule has 2 heteroatoms. The third-order valence-corrected chi connectivity index (χ3v) is 4.09. The molecule has 19 heavy (non-hydrogen) atoms. The second kappa shape index (κ2) is 6.74. The molecule has 0 unspecified atom stereocenters. The number of benzene rings is 1. The van der Waals surface area contributed by atoms with Gasteiger partial charge in [-0.15, -0.1) is 0 Å². The van der Waals surface area contributed by atoms with Crippen molar-refractivity contribution in [2.75, 3.05) is 0 Å². The molecule has 0 radical (unpaired) electrons. The van der Waals surface area contributed by atoms with Gasteiger partial charge in [0.05, 0.1) is 0 Å². The SMILES string of the molecule is CC(=O)OC1CCC(CCc2ccc(C)cc2)CC1. The first-order valence-electron chi connectivity index (χ1n) is 7.36. The summed E-state index contributed by atoms with van der Waals surface area (Å²) in [5, 5.41) is 0. The van der Waals surface area contributed by atoms with Gasteiger partial charge in [-0.05, 0) is 56.9 Å². The number of esters is 1. The van der Waals surface area contributed by atoms with Gasteiger partial charge >= 0.3 is 5.97 Å². The lowest BCUT2D eigenvalue weighted by molar-refractivity contribution is -0.148. The molecule has 0 amide bonds. The van der Waals surface area contributed by atoms with Gasteiger partial charge in [0.2, 0.25) is 0 Å². The lowest BCUT2D eigenvalue weighted by Crippen LogP contribution is -2.23. The van der Waals surface area contributed by atoms with Crippen molar-refractivity contribution in [3.8, 4) is 0 Å². The zero-order valence-corrected chi connectivity index (χ0v) is 12.0. The number of rotatable bonds is 4. The Morgan fingerprint density at radius 2 is 1.79 bits per heavy atom. The average molecular weight is 260 g/mol. The summed E-state index contributed by atoms with van der Waals surface area (Å²) >= 11 is 0. The minimum Gasteiger partial charge on any atom is -0.463 e. The number of hydrogen-bond donors (Lipinski definition) is 0. The highest BCUT2D eigenvalue weighted by Crippen LogP contribution is 2.29. The Bertz CT molecular complexity index is 400. The Hall–Kier alpha value is -1.31. The number of aryl methyl sites for hydroxylation is 2. The third kappa shape index (κ3) is 4.70. The molecule has 0 bridgehead atoms. The van der Waals surface area contributed by atoms with Gasteiger partial charge in [0, 0.05) is 6.92 Å². The van der Waals surface area contributed by atoms with Crippen molar-refractivity contribution in [3.63, 3.8) is 0 Å². The summed E-state index contributed by atoms with van der Waals surface area (Å²) in [7, 11) is 0. The van der Waals surface area contributed by atoms with Crippen molar-refractivity contribution in [3.05, 3.63) is 35.4 Å². The lowest BCUT2D eigenvalue weighted by atomic mass is 9.83. The van der Waals surface area contributed by atoms with Gasteiger partial charge in [0.25, 0.3) is 0 Å². The first-order chi connectivity index (χ1) is 9.13. The number of hydrogen-bond acceptors (Lipinski definition) is 2. The summed E-state index contributed by atoms with van der Waals surface area (Å²) in [5.41, 5.74) is 2.76. The molecular weight excluding hydrogens is 236 g/mol. The van der Waals surface area contributed by atoms with Crippen molar-refractivity contribution >= 4 is 5.97 Å². The normalized spacial score (nSPS) is 23.1. The van der Waals surface area contributed by atoms with Crippen molar-refractivity contribution in [2.24, 2.45) is 5.92 Å². The Morgan fingerprint density at radius 1 is 1.16 bits per heavy atom. The molecule has 1 aliphatic rings. The van der Waals surface area contributed by atoms with Crippen molar-refractivity contribution in [2.45, 2.75) is 58.5 Å². The Kier molecular flexibility index (Phi) is 5.00. The summed E-state index contributed by atoms with van der Waals surface area (Å²) in [6.07, 6.45) is 7.08. The average Bonchev–Trinajstić information content (AvgIpc) is 2.39. The first kappa shape index (κ1) is 14.1. The molecule has 0 heterocycles. The lowest BCUT2D eigenvalue weighted by Gasteiger charge is -2.28. The molecule has 0 aromatic heterocycles. The fourth-order valence-corrected chi connectivity index (χ4v) is 2.90. The molecule has 0 atom stereocenters. The predicted molar refractivity (Wildman–Crippen MR) is 77.0 cm³/mol. The minimum atomic E-state index is -0.136. The highest BCUT2D eigenvalue weighted by atomic mass is 16.5. The molecule has 2 rings (SSSR count). The maximum absolute atomic E-state index is 10.9. The standard InChI is InChI=1S/C17H24O2/c1-13-3-5-15(6-4-13)7-8-16-9-11-17(12-10-16)19-14(2)18/h3-6,16-17H,7-12H2,1-2H3. The summed E-state index contributed by atoms with van der Waals surface area (Å²) in [6.45, 7) is 3.63. The van der Waals surface area contributed by atoms with Crippen LogP contribution in [0, 0.1) is 12.8 Å². The molecule has 1 saturated carbocycles. The van der Waals surface area contributed by atoms with Crippen LogP contribution in [0.5, 0.6) is 0 Å². The zero-order chi connectivity index (χ0) is 13.7. The van der Waals surface area contributed by atoms with Gasteiger partial charge in [-0.3, -0.25) is 4.79 Å². The van der Waals surface area contributed by atoms with Crippen molar-refractivity contribution < 1.29 is 9.53 Å². The van der Waals surface area contributed by atoms with Crippen LogP contribution in [-0.2, 0) is 16.0 Å². The summed E-state index contributed by atoms with van der Waals surface area (Å²) < 4.78 is 5.28. The molecule has 1 aromatic rings. The first-order valence-corrected chi connectivity index (χ1v) is 7.36. The van der Waals surface area contributed by atoms with E-state index in [4.69, 9.17) is 4.74 Å². The second-order valence-corrected chi connectivity index (χ2v) is 5.78. The van der Waals surface area contributed by atoms with Crippen molar-refractivity contribution in [1.29, 1.82) is 0 Å². The summed E-state index contributed by atoms with van der Waals surface area (Å²) in [6, 6.07) is 8.85. The Labute approximate surface area is 116 Å². The number of ether oxygens (including phenoxy) is 1. The van der Waals surface area contributed by atoms with Gasteiger partial charge in [-0.2, -0.15) is 0 Å². The van der Waals surface area contributed by atoms with Crippen LogP contribution in [0.4, 0.5) is 0 Å². The van der Waals surface area contributed by atoms with E-state index < -0.39 is 0 Å². The molecule has 0 N–H and O–H groups in total. The third-order valence-electron chi connectivity index (χ3n) is 4.09. The smallest absolute Gasteiger partial charge is 0.302 e. The summed E-state index contributed by atoms with van der Waals surface area (Å²) in [4.78, 5) is 10.9. The predicted octanol–water partition coefficient (Wildman–Crippen LogP) is 4.05. The van der Waals surface area contributed by atoms with E-state index in [0.29, 0.717) is 0 Å². The van der Waals surface area contributed by atoms with E-state index >= 15 is 0 Å². The van der Waals surface area contributed by atoms with E-state index in [1.807, 2.05) is 0 Å². The molecule has 2 nitrogen and oxygen atoms in total. The van der Waals surface area contributed by atoms with Gasteiger partial charge in [-0.1, -0.05) is 29.8 Å². The Morgan fingerprint density at radius 3 is 2.37 bits per heavy atom. The number of carbonyl (C=O) groups is 1. The molecule has 0 aliphatic heterocycles. The molecule has 0 saturated heterocycles. The Balaban J connectivity index is 1.71. The van der Waals surface area contributed by atoms with Gasteiger partial charge in [-0.25, -0.2) is 0 Å². The fraction of sp³-hybridized carbons (Fsp3) is 0.588. The number of carbonyl (C=O) groups excluding carboxylic acids is 1. The highest BCUT2D eigenvalue weighted by molar-refractivity contribution is 5.66. The molecular formula is C17H24O2. The van der Waals surface area contributed by atoms with E-state index in [9.17, 15) is 4.79 Å². The van der Waals surface area contributed by atoms with Crippen molar-refractivity contribution in [1.82, 2.24) is 0 Å². The van der Waals surface area contributed by atoms with E-state index in [0.717, 1.165) is 18.8 Å². The summed E-state index contributed by atoms with van der Waals surface area (Å²) in [5.74, 6) is 0.663. The minimum absolute atomic E-state index is 0.136. The van der Waals surface area contributed by atoms with E-state index in [2.05, 4.69) is 31.2 Å². The molecule has 0 spiro atoms. The van der Waals surface area contributed by atoms with Crippen LogP contribution in [-0.4, -0.2) is 12.1 Å². The topological polar surface area (TPSA) is 26.3 Å². The van der Waals surface area contributed by atoms with Crippen LogP contribution in [0.1, 0.15) is 50.2 Å². The zero-order valence-electron chi connectivity index (χ0n) is 12.0. The van der Waals surface area contributed by atoms with Crippen LogP contribution in [0.15, 0.2) is 24.3 Å². The highest BCUT2D eigenvalue weighted by Gasteiger charge is 2.22. The fourth-order valence-electron chi connectivity index (χ4n) is 2.90. The van der Waals surface area contributed by atoms with E-state index in [1.54, 1.807) is 0 Å². The molecule has 1 aromatic carbocycles. The molecule has 1 aliphatic carbocycles. The quantitative estimate of drug-likeness (QED) is 0.763. The molecule has 1 fully saturated rings. The van der Waals surface area contributed by atoms with E-state index in [1.165, 1.54) is 43.7 Å². The molecule has 104 valence electrons. The van der Waals surface area contributed by atoms with Gasteiger partial charge in [0.1, 0.15) is 6.10 Å². The van der Waals surface area contributed by atoms with Crippen LogP contribution in [0.2, 0.25) is 0 Å². The largest absolute Gasteiger partial charge is 0.463 e. The van der Waals surface area contributed by atoms with Crippen LogP contribution < -0.4 is 0 Å². The van der Waals surface area contributed by atoms with Crippen LogP contribution >= 0.6 is 0 Å². The van der Waals surface area contributed by atoms with Gasteiger partial charge in [0.15, 0.2) is 0 Å². The van der Waals surface area contributed by atoms with Crippen LogP contribution in [0.3, 0.4) is 0 Å². The monoisotopic (exact) mass is 260 g/mol. The van der Waals surface area contributed by atoms with E-state index in [-0.39, 0.29) is 12.1 Å². The van der Waals surface area contributed by atoms with Crippen LogP contribution in [0.25, 0.3) is 0 Å². The van der Waals surface area contributed by atoms with Gasteiger partial charge < -0.3 is 4.74 Å². The second-order valence-electron chi connectivity index (χ2n) is 5.78. The maximum Gasteiger partial charge on any atom is 0.302 e.